The number of non-ortho nitro benzene ring substituents is 1. The van der Waals surface area contributed by atoms with Gasteiger partial charge in [-0.25, -0.2) is 0 Å². The van der Waals surface area contributed by atoms with Gasteiger partial charge in [0.1, 0.15) is 0 Å². The van der Waals surface area contributed by atoms with Crippen molar-refractivity contribution in [1.82, 2.24) is 4.90 Å². The molecule has 7 heteroatoms. The Kier molecular flexibility index (Phi) is 6.25. The second kappa shape index (κ2) is 8.82. The van der Waals surface area contributed by atoms with Crippen LogP contribution in [-0.2, 0) is 4.79 Å². The summed E-state index contributed by atoms with van der Waals surface area (Å²) >= 11 is 1.52. The molecule has 1 saturated heterocycles. The Morgan fingerprint density at radius 3 is 2.15 bits per heavy atom. The number of hydrogen-bond donors (Lipinski definition) is 1. The topological polar surface area (TPSA) is 75.5 Å². The third-order valence-electron chi connectivity index (χ3n) is 4.24. The molecule has 2 aromatic carbocycles. The number of nitro benzene ring substituents is 1. The molecule has 2 aromatic rings. The fraction of sp³-hybridized carbons (Fsp3) is 0.316. The van der Waals surface area contributed by atoms with E-state index in [0.29, 0.717) is 6.54 Å². The second-order valence-electron chi connectivity index (χ2n) is 6.26. The molecule has 3 rings (SSSR count). The molecule has 0 aliphatic carbocycles. The Labute approximate surface area is 156 Å². The van der Waals surface area contributed by atoms with E-state index < -0.39 is 4.92 Å². The number of nitrogens with zero attached hydrogens (tertiary/aromatic N) is 2. The van der Waals surface area contributed by atoms with Crippen LogP contribution in [0.5, 0.6) is 0 Å². The Morgan fingerprint density at radius 1 is 1.00 bits per heavy atom. The van der Waals surface area contributed by atoms with Gasteiger partial charge in [0.2, 0.25) is 5.91 Å². The van der Waals surface area contributed by atoms with Crippen LogP contribution in [0, 0.1) is 10.1 Å². The first-order chi connectivity index (χ1) is 12.6. The van der Waals surface area contributed by atoms with Gasteiger partial charge in [-0.2, -0.15) is 0 Å². The molecular weight excluding hydrogens is 350 g/mol. The van der Waals surface area contributed by atoms with Gasteiger partial charge in [0, 0.05) is 27.6 Å². The first-order valence-electron chi connectivity index (χ1n) is 8.65. The minimum atomic E-state index is -0.407. The van der Waals surface area contributed by atoms with Crippen LogP contribution >= 0.6 is 11.8 Å². The van der Waals surface area contributed by atoms with Crippen LogP contribution < -0.4 is 5.32 Å². The van der Waals surface area contributed by atoms with E-state index in [4.69, 9.17) is 0 Å². The van der Waals surface area contributed by atoms with E-state index in [-0.39, 0.29) is 11.6 Å². The van der Waals surface area contributed by atoms with Gasteiger partial charge in [-0.1, -0.05) is 18.2 Å². The summed E-state index contributed by atoms with van der Waals surface area (Å²) < 4.78 is 0. The van der Waals surface area contributed by atoms with Crippen LogP contribution in [0.2, 0.25) is 0 Å². The monoisotopic (exact) mass is 371 g/mol. The van der Waals surface area contributed by atoms with E-state index in [1.54, 1.807) is 12.1 Å². The molecular formula is C19H21N3O3S. The summed E-state index contributed by atoms with van der Waals surface area (Å²) in [4.78, 5) is 26.5. The fourth-order valence-corrected chi connectivity index (χ4v) is 3.72. The molecule has 1 fully saturated rings. The third-order valence-corrected chi connectivity index (χ3v) is 5.25. The molecule has 1 N–H and O–H groups in total. The number of carbonyl (C=O) groups is 1. The lowest BCUT2D eigenvalue weighted by Crippen LogP contribution is -2.36. The number of benzene rings is 2. The van der Waals surface area contributed by atoms with Crippen LogP contribution in [0.25, 0.3) is 0 Å². The van der Waals surface area contributed by atoms with Crippen molar-refractivity contribution in [3.05, 3.63) is 58.6 Å². The maximum Gasteiger partial charge on any atom is 0.269 e. The first kappa shape index (κ1) is 18.4. The van der Waals surface area contributed by atoms with Crippen molar-refractivity contribution in [2.75, 3.05) is 25.0 Å². The minimum absolute atomic E-state index is 0.0164. The van der Waals surface area contributed by atoms with Crippen LogP contribution in [0.1, 0.15) is 19.3 Å². The van der Waals surface area contributed by atoms with Crippen LogP contribution in [0.15, 0.2) is 58.3 Å². The molecule has 0 radical (unpaired) electrons. The maximum atomic E-state index is 12.1. The van der Waals surface area contributed by atoms with Crippen molar-refractivity contribution in [3.63, 3.8) is 0 Å². The zero-order chi connectivity index (χ0) is 18.4. The number of likely N-dealkylation sites (tertiary alicyclic amines) is 1. The molecule has 1 heterocycles. The highest BCUT2D eigenvalue weighted by Crippen LogP contribution is 2.29. The number of rotatable bonds is 6. The van der Waals surface area contributed by atoms with Gasteiger partial charge >= 0.3 is 0 Å². The van der Waals surface area contributed by atoms with Crippen molar-refractivity contribution in [3.8, 4) is 0 Å². The van der Waals surface area contributed by atoms with Gasteiger partial charge < -0.3 is 5.32 Å². The van der Waals surface area contributed by atoms with Crippen molar-refractivity contribution >= 4 is 29.0 Å². The van der Waals surface area contributed by atoms with E-state index in [1.165, 1.54) is 43.2 Å². The van der Waals surface area contributed by atoms with Gasteiger partial charge in [0.15, 0.2) is 0 Å². The van der Waals surface area contributed by atoms with Crippen molar-refractivity contribution in [1.29, 1.82) is 0 Å². The van der Waals surface area contributed by atoms with Crippen molar-refractivity contribution in [2.24, 2.45) is 0 Å². The summed E-state index contributed by atoms with van der Waals surface area (Å²) in [5.74, 6) is 0.0164. The summed E-state index contributed by atoms with van der Waals surface area (Å²) in [5, 5.41) is 13.6. The van der Waals surface area contributed by atoms with Crippen molar-refractivity contribution in [2.45, 2.75) is 29.1 Å². The first-order valence-corrected chi connectivity index (χ1v) is 9.46. The molecule has 0 aromatic heterocycles. The summed E-state index contributed by atoms with van der Waals surface area (Å²) in [6.07, 6.45) is 3.59. The normalized spacial score (nSPS) is 14.8. The molecule has 136 valence electrons. The van der Waals surface area contributed by atoms with E-state index in [2.05, 4.69) is 10.2 Å². The summed E-state index contributed by atoms with van der Waals surface area (Å²) in [5.41, 5.74) is 0.862. The molecule has 1 aliphatic rings. The smallest absolute Gasteiger partial charge is 0.269 e. The van der Waals surface area contributed by atoms with Gasteiger partial charge in [0.05, 0.1) is 11.5 Å². The van der Waals surface area contributed by atoms with Gasteiger partial charge in [0.25, 0.3) is 5.69 Å². The highest BCUT2D eigenvalue weighted by molar-refractivity contribution is 7.99. The summed E-state index contributed by atoms with van der Waals surface area (Å²) in [7, 11) is 0. The van der Waals surface area contributed by atoms with Crippen LogP contribution in [-0.4, -0.2) is 35.4 Å². The molecule has 0 bridgehead atoms. The fourth-order valence-electron chi connectivity index (χ4n) is 2.90. The van der Waals surface area contributed by atoms with Gasteiger partial charge in [-0.3, -0.25) is 19.8 Å². The predicted molar refractivity (Wildman–Crippen MR) is 103 cm³/mol. The summed E-state index contributed by atoms with van der Waals surface area (Å²) in [6.45, 7) is 2.44. The molecule has 0 saturated carbocycles. The van der Waals surface area contributed by atoms with Gasteiger partial charge in [-0.05, 0) is 62.3 Å². The predicted octanol–water partition coefficient (Wildman–Crippen LogP) is 4.17. The number of carbonyl (C=O) groups excluding carboxylic acids is 1. The highest BCUT2D eigenvalue weighted by Gasteiger charge is 2.13. The minimum Gasteiger partial charge on any atom is -0.325 e. The maximum absolute atomic E-state index is 12.1. The number of amides is 1. The van der Waals surface area contributed by atoms with E-state index >= 15 is 0 Å². The number of nitrogens with one attached hydrogen (secondary N) is 1. The number of nitro groups is 1. The number of piperidine rings is 1. The molecule has 0 unspecified atom stereocenters. The SMILES string of the molecule is O=C(CN1CCCCC1)Nc1ccc(Sc2ccc([N+](=O)[O-])cc2)cc1. The standard InChI is InChI=1S/C19H21N3O3S/c23-19(14-21-12-2-1-3-13-21)20-15-4-8-17(9-5-15)26-18-10-6-16(7-11-18)22(24)25/h4-11H,1-3,12-14H2,(H,20,23). The Bertz CT molecular complexity index is 757. The molecule has 1 amide bonds. The van der Waals surface area contributed by atoms with Crippen LogP contribution in [0.3, 0.4) is 0 Å². The second-order valence-corrected chi connectivity index (χ2v) is 7.41. The Hall–Kier alpha value is -2.38. The zero-order valence-corrected chi connectivity index (χ0v) is 15.2. The number of hydrogen-bond acceptors (Lipinski definition) is 5. The quantitative estimate of drug-likeness (QED) is 0.609. The molecule has 0 spiro atoms. The third kappa shape index (κ3) is 5.31. The Morgan fingerprint density at radius 2 is 1.58 bits per heavy atom. The van der Waals surface area contributed by atoms with E-state index in [9.17, 15) is 14.9 Å². The average molecular weight is 371 g/mol. The lowest BCUT2D eigenvalue weighted by Gasteiger charge is -2.25. The van der Waals surface area contributed by atoms with Crippen LogP contribution in [0.4, 0.5) is 11.4 Å². The number of anilines is 1. The molecule has 26 heavy (non-hydrogen) atoms. The lowest BCUT2D eigenvalue weighted by atomic mass is 10.1. The largest absolute Gasteiger partial charge is 0.325 e. The average Bonchev–Trinajstić information content (AvgIpc) is 2.64. The van der Waals surface area contributed by atoms with Crippen molar-refractivity contribution < 1.29 is 9.72 Å². The zero-order valence-electron chi connectivity index (χ0n) is 14.4. The van der Waals surface area contributed by atoms with E-state index in [1.807, 2.05) is 24.3 Å². The lowest BCUT2D eigenvalue weighted by molar-refractivity contribution is -0.384. The van der Waals surface area contributed by atoms with Gasteiger partial charge in [-0.15, -0.1) is 0 Å². The highest BCUT2D eigenvalue weighted by atomic mass is 32.2. The molecule has 1 aliphatic heterocycles. The molecule has 0 atom stereocenters. The Balaban J connectivity index is 1.52. The summed E-state index contributed by atoms with van der Waals surface area (Å²) in [6, 6.07) is 14.1. The molecule has 6 nitrogen and oxygen atoms in total. The van der Waals surface area contributed by atoms with E-state index in [0.717, 1.165) is 28.6 Å².